The molecule has 0 amide bonds. The van der Waals surface area contributed by atoms with Crippen molar-refractivity contribution in [1.82, 2.24) is 4.79 Å². The van der Waals surface area contributed by atoms with Gasteiger partial charge in [0.2, 0.25) is 0 Å². The van der Waals surface area contributed by atoms with Gasteiger partial charge in [-0.15, -0.1) is 0 Å². The summed E-state index contributed by atoms with van der Waals surface area (Å²) in [6.07, 6.45) is 12.3. The molecule has 0 saturated heterocycles. The van der Waals surface area contributed by atoms with Crippen LogP contribution < -0.4 is 10.6 Å². The van der Waals surface area contributed by atoms with Gasteiger partial charge >= 0.3 is 0 Å². The minimum absolute atomic E-state index is 0.347. The van der Waals surface area contributed by atoms with Crippen molar-refractivity contribution < 1.29 is 4.48 Å². The lowest BCUT2D eigenvalue weighted by Gasteiger charge is -1.91. The first-order chi connectivity index (χ1) is 8.13. The fraction of sp³-hybridized carbons (Fsp3) is 0.0667. The second-order valence-corrected chi connectivity index (χ2v) is 3.52. The van der Waals surface area contributed by atoms with Gasteiger partial charge in [-0.2, -0.15) is 4.79 Å². The van der Waals surface area contributed by atoms with Crippen LogP contribution in [0.5, 0.6) is 0 Å². The number of aromatic nitrogens is 1. The second-order valence-electron chi connectivity index (χ2n) is 3.52. The molecule has 1 rings (SSSR count). The average molecular weight is 229 g/mol. The molecule has 0 aliphatic rings. The van der Waals surface area contributed by atoms with E-state index in [2.05, 4.69) is 19.7 Å². The summed E-state index contributed by atoms with van der Waals surface area (Å²) < 4.78 is 13.7. The molecular formula is C15H16FN. The number of allylic oxidation sites excluding steroid dienone is 5. The van der Waals surface area contributed by atoms with E-state index in [4.69, 9.17) is 0 Å². The zero-order chi connectivity index (χ0) is 12.8. The third-order valence-electron chi connectivity index (χ3n) is 2.43. The Kier molecular flexibility index (Phi) is 4.46. The van der Waals surface area contributed by atoms with Gasteiger partial charge in [0.05, 0.1) is 11.0 Å². The van der Waals surface area contributed by atoms with E-state index in [0.717, 1.165) is 10.8 Å². The van der Waals surface area contributed by atoms with Crippen LogP contribution >= 0.6 is 0 Å². The molecule has 2 heteroatoms. The van der Waals surface area contributed by atoms with Gasteiger partial charge in [0.1, 0.15) is 0 Å². The highest BCUT2D eigenvalue weighted by molar-refractivity contribution is 5.58. The minimum Gasteiger partial charge on any atom is -0.184 e. The van der Waals surface area contributed by atoms with Crippen molar-refractivity contribution in [3.63, 3.8) is 0 Å². The van der Waals surface area contributed by atoms with Gasteiger partial charge in [-0.05, 0) is 6.92 Å². The van der Waals surface area contributed by atoms with Gasteiger partial charge in [-0.3, -0.25) is 0 Å². The highest BCUT2D eigenvalue weighted by Crippen LogP contribution is 2.03. The molecule has 0 radical (unpaired) electrons. The summed E-state index contributed by atoms with van der Waals surface area (Å²) in [5.74, 6) is 0. The van der Waals surface area contributed by atoms with Crippen LogP contribution in [-0.4, -0.2) is 4.79 Å². The first-order valence-electron chi connectivity index (χ1n) is 5.28. The van der Waals surface area contributed by atoms with Crippen LogP contribution in [0.15, 0.2) is 43.5 Å². The predicted molar refractivity (Wildman–Crippen MR) is 73.5 cm³/mol. The van der Waals surface area contributed by atoms with Gasteiger partial charge in [-0.25, -0.2) is 0 Å². The smallest absolute Gasteiger partial charge is 0.0750 e. The Bertz CT molecular complexity index is 585. The first-order valence-corrected chi connectivity index (χ1v) is 5.28. The van der Waals surface area contributed by atoms with Gasteiger partial charge in [0.15, 0.2) is 0 Å². The Morgan fingerprint density at radius 3 is 2.35 bits per heavy atom. The van der Waals surface area contributed by atoms with Crippen LogP contribution in [0, 0.1) is 6.92 Å². The molecule has 1 heterocycles. The zero-order valence-electron chi connectivity index (χ0n) is 9.99. The highest BCUT2D eigenvalue weighted by atomic mass is 19.2. The molecule has 0 N–H and O–H groups in total. The molecule has 0 atom stereocenters. The molecule has 0 saturated carbocycles. The molecule has 0 fully saturated rings. The van der Waals surface area contributed by atoms with Crippen molar-refractivity contribution in [2.75, 3.05) is 0 Å². The lowest BCUT2D eigenvalue weighted by Crippen LogP contribution is -2.25. The largest absolute Gasteiger partial charge is 0.184 e. The molecule has 1 aromatic heterocycles. The van der Waals surface area contributed by atoms with E-state index in [9.17, 15) is 4.48 Å². The normalized spacial score (nSPS) is 12.7. The Balaban J connectivity index is 3.51. The van der Waals surface area contributed by atoms with Crippen LogP contribution in [0.4, 0.5) is 4.48 Å². The lowest BCUT2D eigenvalue weighted by molar-refractivity contribution is 0.349. The van der Waals surface area contributed by atoms with E-state index in [1.165, 1.54) is 0 Å². The summed E-state index contributed by atoms with van der Waals surface area (Å²) in [4.78, 5) is 0.594. The number of hydrogen-bond donors (Lipinski definition) is 0. The number of rotatable bonds is 4. The van der Waals surface area contributed by atoms with Crippen molar-refractivity contribution >= 4 is 18.7 Å². The lowest BCUT2D eigenvalue weighted by atomic mass is 10.2. The number of halogens is 1. The van der Waals surface area contributed by atoms with Crippen molar-refractivity contribution in [3.8, 4) is 0 Å². The van der Waals surface area contributed by atoms with Crippen LogP contribution in [0.2, 0.25) is 0 Å². The molecule has 0 aliphatic carbocycles. The van der Waals surface area contributed by atoms with Crippen molar-refractivity contribution in [2.45, 2.75) is 6.92 Å². The fourth-order valence-corrected chi connectivity index (χ4v) is 1.56. The molecule has 88 valence electrons. The van der Waals surface area contributed by atoms with E-state index in [0.29, 0.717) is 15.8 Å². The van der Waals surface area contributed by atoms with Crippen LogP contribution in [0.25, 0.3) is 18.7 Å². The summed E-state index contributed by atoms with van der Waals surface area (Å²) in [6, 6.07) is 0. The van der Waals surface area contributed by atoms with Gasteiger partial charge in [0, 0.05) is 10.8 Å². The maximum atomic E-state index is 13.7. The molecule has 1 nitrogen and oxygen atoms in total. The standard InChI is InChI=1S/C15H16FN/c1-5-7-9-11-15-13(4)17(16)12(3)14(15)10-8-6-2/h5-11H,1-2,4H2,3H3/b9-7-,10-8-,15-11+. The van der Waals surface area contributed by atoms with Gasteiger partial charge in [-0.1, -0.05) is 66.8 Å². The maximum absolute atomic E-state index is 13.7. The molecule has 0 aliphatic heterocycles. The molecular weight excluding hydrogens is 213 g/mol. The van der Waals surface area contributed by atoms with E-state index in [-0.39, 0.29) is 0 Å². The van der Waals surface area contributed by atoms with Crippen LogP contribution in [-0.2, 0) is 0 Å². The summed E-state index contributed by atoms with van der Waals surface area (Å²) in [7, 11) is 0. The Labute approximate surface area is 101 Å². The van der Waals surface area contributed by atoms with E-state index >= 15 is 0 Å². The minimum atomic E-state index is 0.347. The number of hydrogen-bond acceptors (Lipinski definition) is 0. The molecule has 0 unspecified atom stereocenters. The quantitative estimate of drug-likeness (QED) is 0.699. The van der Waals surface area contributed by atoms with Gasteiger partial charge < -0.3 is 0 Å². The van der Waals surface area contributed by atoms with Crippen LogP contribution in [0.3, 0.4) is 0 Å². The zero-order valence-corrected chi connectivity index (χ0v) is 9.99. The average Bonchev–Trinajstić information content (AvgIpc) is 2.52. The predicted octanol–water partition coefficient (Wildman–Crippen LogP) is 2.66. The third-order valence-corrected chi connectivity index (χ3v) is 2.43. The molecule has 0 spiro atoms. The third kappa shape index (κ3) is 2.72. The maximum Gasteiger partial charge on any atom is 0.0750 e. The monoisotopic (exact) mass is 229 g/mol. The molecule has 0 bridgehead atoms. The Morgan fingerprint density at radius 1 is 1.12 bits per heavy atom. The first kappa shape index (κ1) is 13.0. The van der Waals surface area contributed by atoms with E-state index in [1.807, 2.05) is 18.2 Å². The van der Waals surface area contributed by atoms with Crippen LogP contribution in [0.1, 0.15) is 11.3 Å². The summed E-state index contributed by atoms with van der Waals surface area (Å²) in [5, 5.41) is 1.11. The highest BCUT2D eigenvalue weighted by Gasteiger charge is 2.06. The van der Waals surface area contributed by atoms with E-state index < -0.39 is 0 Å². The van der Waals surface area contributed by atoms with Gasteiger partial charge in [0.25, 0.3) is 0 Å². The second kappa shape index (κ2) is 5.85. The Morgan fingerprint density at radius 2 is 1.76 bits per heavy atom. The van der Waals surface area contributed by atoms with Crippen molar-refractivity contribution in [3.05, 3.63) is 65.4 Å². The van der Waals surface area contributed by atoms with E-state index in [1.54, 1.807) is 31.2 Å². The summed E-state index contributed by atoms with van der Waals surface area (Å²) >= 11 is 0. The fourth-order valence-electron chi connectivity index (χ4n) is 1.56. The molecule has 1 aromatic rings. The Hall–Kier alpha value is -2.09. The summed E-state index contributed by atoms with van der Waals surface area (Å²) in [6.45, 7) is 12.6. The van der Waals surface area contributed by atoms with Crippen molar-refractivity contribution in [1.29, 1.82) is 0 Å². The molecule has 0 aromatic carbocycles. The topological polar surface area (TPSA) is 4.93 Å². The van der Waals surface area contributed by atoms with Crippen molar-refractivity contribution in [2.24, 2.45) is 0 Å². The SMILES string of the molecule is C=C/C=C\C=c1\c(/C=C\C=C)c(C)n(F)c1=C. The molecule has 17 heavy (non-hydrogen) atoms. The summed E-state index contributed by atoms with van der Waals surface area (Å²) in [5.41, 5.74) is 1.34. The number of nitrogens with zero attached hydrogens (tertiary/aromatic N) is 1.